The number of rotatable bonds is 3. The molecule has 1 aromatic rings. The highest BCUT2D eigenvalue weighted by molar-refractivity contribution is 5.87. The van der Waals surface area contributed by atoms with Crippen LogP contribution in [0.2, 0.25) is 0 Å². The zero-order chi connectivity index (χ0) is 14.7. The summed E-state index contributed by atoms with van der Waals surface area (Å²) in [5.41, 5.74) is 1.79. The van der Waals surface area contributed by atoms with E-state index in [1.807, 2.05) is 18.7 Å². The monoisotopic (exact) mass is 277 g/mol. The molecular formula is C15H23N3O2. The van der Waals surface area contributed by atoms with E-state index in [1.165, 1.54) is 31.8 Å². The summed E-state index contributed by atoms with van der Waals surface area (Å²) >= 11 is 0. The molecule has 1 fully saturated rings. The molecule has 1 atom stereocenters. The van der Waals surface area contributed by atoms with Gasteiger partial charge < -0.3 is 10.0 Å². The van der Waals surface area contributed by atoms with Gasteiger partial charge in [0, 0.05) is 31.3 Å². The molecule has 2 heterocycles. The molecule has 20 heavy (non-hydrogen) atoms. The van der Waals surface area contributed by atoms with Gasteiger partial charge in [-0.1, -0.05) is 12.8 Å². The maximum atomic E-state index is 10.8. The minimum atomic E-state index is -0.928. The fourth-order valence-electron chi connectivity index (χ4n) is 2.94. The Morgan fingerprint density at radius 3 is 2.85 bits per heavy atom. The van der Waals surface area contributed by atoms with Crippen LogP contribution in [0.5, 0.6) is 0 Å². The van der Waals surface area contributed by atoms with Crippen molar-refractivity contribution in [2.75, 3.05) is 11.4 Å². The van der Waals surface area contributed by atoms with E-state index in [0.29, 0.717) is 6.04 Å². The fraction of sp³-hybridized carbons (Fsp3) is 0.600. The number of aliphatic carboxylic acids is 1. The highest BCUT2D eigenvalue weighted by Crippen LogP contribution is 2.29. The molecule has 0 aliphatic carbocycles. The molecule has 0 radical (unpaired) electrons. The second kappa shape index (κ2) is 6.11. The number of carboxylic acid groups (broad SMARTS) is 1. The van der Waals surface area contributed by atoms with Crippen LogP contribution in [0.15, 0.2) is 6.08 Å². The van der Waals surface area contributed by atoms with Crippen LogP contribution in [0.25, 0.3) is 6.08 Å². The third kappa shape index (κ3) is 3.03. The molecule has 0 spiro atoms. The Morgan fingerprint density at radius 1 is 1.40 bits per heavy atom. The average Bonchev–Trinajstić information content (AvgIpc) is 2.53. The Morgan fingerprint density at radius 2 is 2.15 bits per heavy atom. The minimum Gasteiger partial charge on any atom is -0.478 e. The van der Waals surface area contributed by atoms with Crippen molar-refractivity contribution < 1.29 is 9.90 Å². The zero-order valence-electron chi connectivity index (χ0n) is 12.5. The Bertz CT molecular complexity index is 519. The van der Waals surface area contributed by atoms with E-state index in [4.69, 9.17) is 5.11 Å². The highest BCUT2D eigenvalue weighted by atomic mass is 16.4. The molecule has 1 aliphatic rings. The van der Waals surface area contributed by atoms with Crippen LogP contribution in [0.4, 0.5) is 5.82 Å². The molecule has 1 saturated heterocycles. The molecule has 0 saturated carbocycles. The fourth-order valence-corrected chi connectivity index (χ4v) is 2.94. The molecule has 5 nitrogen and oxygen atoms in total. The van der Waals surface area contributed by atoms with Gasteiger partial charge in [-0.05, 0) is 32.8 Å². The second-order valence-electron chi connectivity index (χ2n) is 5.51. The molecule has 0 amide bonds. The predicted molar refractivity (Wildman–Crippen MR) is 79.9 cm³/mol. The number of hydrogen-bond acceptors (Lipinski definition) is 3. The number of anilines is 1. The molecule has 5 heteroatoms. The van der Waals surface area contributed by atoms with Gasteiger partial charge in [-0.3, -0.25) is 4.68 Å². The van der Waals surface area contributed by atoms with Crippen molar-refractivity contribution in [1.29, 1.82) is 0 Å². The van der Waals surface area contributed by atoms with Crippen molar-refractivity contribution >= 4 is 17.9 Å². The first-order valence-corrected chi connectivity index (χ1v) is 7.22. The van der Waals surface area contributed by atoms with Gasteiger partial charge in [-0.15, -0.1) is 0 Å². The van der Waals surface area contributed by atoms with Gasteiger partial charge in [-0.25, -0.2) is 4.79 Å². The summed E-state index contributed by atoms with van der Waals surface area (Å²) in [6.07, 6.45) is 7.73. The van der Waals surface area contributed by atoms with Crippen molar-refractivity contribution in [2.45, 2.75) is 45.6 Å². The van der Waals surface area contributed by atoms with Crippen LogP contribution in [0.3, 0.4) is 0 Å². The van der Waals surface area contributed by atoms with Crippen molar-refractivity contribution in [3.05, 3.63) is 17.3 Å². The number of aromatic nitrogens is 2. The first kappa shape index (κ1) is 14.6. The van der Waals surface area contributed by atoms with E-state index < -0.39 is 5.97 Å². The van der Waals surface area contributed by atoms with Crippen LogP contribution in [0, 0.1) is 6.92 Å². The molecule has 1 N–H and O–H groups in total. The molecule has 1 aromatic heterocycles. The largest absolute Gasteiger partial charge is 0.478 e. The van der Waals surface area contributed by atoms with Gasteiger partial charge in [0.15, 0.2) is 0 Å². The van der Waals surface area contributed by atoms with E-state index in [-0.39, 0.29) is 0 Å². The van der Waals surface area contributed by atoms with E-state index in [1.54, 1.807) is 6.08 Å². The van der Waals surface area contributed by atoms with Crippen molar-refractivity contribution in [3.63, 3.8) is 0 Å². The topological polar surface area (TPSA) is 58.4 Å². The quantitative estimate of drug-likeness (QED) is 0.863. The van der Waals surface area contributed by atoms with Crippen molar-refractivity contribution in [3.8, 4) is 0 Å². The van der Waals surface area contributed by atoms with Crippen LogP contribution < -0.4 is 4.90 Å². The molecule has 0 bridgehead atoms. The summed E-state index contributed by atoms with van der Waals surface area (Å²) in [6, 6.07) is 0.462. The van der Waals surface area contributed by atoms with Crippen LogP contribution in [-0.4, -0.2) is 33.4 Å². The van der Waals surface area contributed by atoms with Gasteiger partial charge in [0.25, 0.3) is 0 Å². The van der Waals surface area contributed by atoms with Crippen LogP contribution in [-0.2, 0) is 11.8 Å². The summed E-state index contributed by atoms with van der Waals surface area (Å²) in [7, 11) is 1.93. The minimum absolute atomic E-state index is 0.462. The van der Waals surface area contributed by atoms with Gasteiger partial charge in [-0.2, -0.15) is 5.10 Å². The van der Waals surface area contributed by atoms with E-state index >= 15 is 0 Å². The Kier molecular flexibility index (Phi) is 4.47. The number of carbonyl (C=O) groups is 1. The highest BCUT2D eigenvalue weighted by Gasteiger charge is 2.23. The summed E-state index contributed by atoms with van der Waals surface area (Å²) in [5.74, 6) is 0.109. The van der Waals surface area contributed by atoms with Gasteiger partial charge >= 0.3 is 5.97 Å². The molecule has 110 valence electrons. The third-order valence-electron chi connectivity index (χ3n) is 3.95. The molecule has 2 rings (SSSR count). The van der Waals surface area contributed by atoms with E-state index in [2.05, 4.69) is 16.9 Å². The SMILES string of the molecule is Cc1nn(C)c(N2CCCCCC2C)c1C=CC(=O)O. The zero-order valence-corrected chi connectivity index (χ0v) is 12.5. The van der Waals surface area contributed by atoms with Crippen molar-refractivity contribution in [2.24, 2.45) is 7.05 Å². The molecular weight excluding hydrogens is 254 g/mol. The van der Waals surface area contributed by atoms with Gasteiger partial charge in [0.1, 0.15) is 5.82 Å². The Hall–Kier alpha value is -1.78. The molecule has 1 aliphatic heterocycles. The second-order valence-corrected chi connectivity index (χ2v) is 5.51. The first-order valence-electron chi connectivity index (χ1n) is 7.22. The standard InChI is InChI=1S/C15H23N3O2/c1-11-7-5-4-6-10-18(11)15-13(8-9-14(19)20)12(2)16-17(15)3/h8-9,11H,4-7,10H2,1-3H3,(H,19,20). The number of carboxylic acids is 1. The first-order chi connectivity index (χ1) is 9.50. The summed E-state index contributed by atoms with van der Waals surface area (Å²) < 4.78 is 1.87. The summed E-state index contributed by atoms with van der Waals surface area (Å²) in [6.45, 7) is 5.17. The lowest BCUT2D eigenvalue weighted by atomic mass is 10.1. The summed E-state index contributed by atoms with van der Waals surface area (Å²) in [4.78, 5) is 13.1. The van der Waals surface area contributed by atoms with Crippen molar-refractivity contribution in [1.82, 2.24) is 9.78 Å². The lowest BCUT2D eigenvalue weighted by Gasteiger charge is -2.29. The number of aryl methyl sites for hydroxylation is 2. The van der Waals surface area contributed by atoms with Crippen LogP contribution in [0.1, 0.15) is 43.9 Å². The molecule has 0 aromatic carbocycles. The number of nitrogens with zero attached hydrogens (tertiary/aromatic N) is 3. The average molecular weight is 277 g/mol. The smallest absolute Gasteiger partial charge is 0.328 e. The maximum Gasteiger partial charge on any atom is 0.328 e. The lowest BCUT2D eigenvalue weighted by molar-refractivity contribution is -0.131. The third-order valence-corrected chi connectivity index (χ3v) is 3.95. The lowest BCUT2D eigenvalue weighted by Crippen LogP contribution is -2.34. The Labute approximate surface area is 119 Å². The summed E-state index contributed by atoms with van der Waals surface area (Å²) in [5, 5.41) is 13.3. The predicted octanol–water partition coefficient (Wildman–Crippen LogP) is 2.60. The van der Waals surface area contributed by atoms with Gasteiger partial charge in [0.05, 0.1) is 5.69 Å². The van der Waals surface area contributed by atoms with E-state index in [0.717, 1.165) is 23.6 Å². The van der Waals surface area contributed by atoms with Gasteiger partial charge in [0.2, 0.25) is 0 Å². The maximum absolute atomic E-state index is 10.8. The Balaban J connectivity index is 2.41. The normalized spacial score (nSPS) is 20.4. The number of hydrogen-bond donors (Lipinski definition) is 1. The van der Waals surface area contributed by atoms with E-state index in [9.17, 15) is 4.79 Å². The van der Waals surface area contributed by atoms with Crippen LogP contribution >= 0.6 is 0 Å². The molecule has 1 unspecified atom stereocenters.